The highest BCUT2D eigenvalue weighted by Gasteiger charge is 2.28. The van der Waals surface area contributed by atoms with E-state index in [0.29, 0.717) is 36.6 Å². The van der Waals surface area contributed by atoms with Crippen molar-refractivity contribution in [2.24, 2.45) is 0 Å². The van der Waals surface area contributed by atoms with Crippen molar-refractivity contribution in [3.8, 4) is 5.75 Å². The number of nitrogens with one attached hydrogen (secondary N) is 2. The number of carbonyl (C=O) groups is 2. The number of benzene rings is 2. The van der Waals surface area contributed by atoms with Gasteiger partial charge in [0.1, 0.15) is 17.5 Å². The van der Waals surface area contributed by atoms with Gasteiger partial charge in [-0.05, 0) is 54.1 Å². The Kier molecular flexibility index (Phi) is 6.11. The molecule has 1 aliphatic rings. The summed E-state index contributed by atoms with van der Waals surface area (Å²) in [6.07, 6.45) is 6.25. The fourth-order valence-electron chi connectivity index (χ4n) is 4.00. The van der Waals surface area contributed by atoms with Crippen molar-refractivity contribution in [2.45, 2.75) is 19.1 Å². The number of anilines is 1. The van der Waals surface area contributed by atoms with E-state index in [0.717, 1.165) is 17.6 Å². The second kappa shape index (κ2) is 9.66. The molecule has 8 nitrogen and oxygen atoms in total. The minimum atomic E-state index is -0.289. The van der Waals surface area contributed by atoms with Gasteiger partial charge in [-0.3, -0.25) is 4.79 Å². The maximum atomic E-state index is 12.6. The summed E-state index contributed by atoms with van der Waals surface area (Å²) in [7, 11) is 0. The summed E-state index contributed by atoms with van der Waals surface area (Å²) in [5.41, 5.74) is 3.17. The third-order valence-corrected chi connectivity index (χ3v) is 5.78. The van der Waals surface area contributed by atoms with Gasteiger partial charge in [0, 0.05) is 49.4 Å². The molecule has 8 heteroatoms. The molecular weight excluding hydrogens is 430 g/mol. The number of hydrogen-bond donors (Lipinski definition) is 2. The van der Waals surface area contributed by atoms with Crippen molar-refractivity contribution in [2.75, 3.05) is 18.4 Å². The van der Waals surface area contributed by atoms with Gasteiger partial charge in [-0.25, -0.2) is 9.78 Å². The number of pyridine rings is 1. The zero-order valence-electron chi connectivity index (χ0n) is 18.6. The average molecular weight is 456 g/mol. The molecule has 5 rings (SSSR count). The lowest BCUT2D eigenvalue weighted by Gasteiger charge is -2.17. The summed E-state index contributed by atoms with van der Waals surface area (Å²) in [6.45, 7) is 1.63. The van der Waals surface area contributed by atoms with E-state index in [4.69, 9.17) is 4.74 Å². The molecule has 1 atom stereocenters. The van der Waals surface area contributed by atoms with E-state index >= 15 is 0 Å². The molecule has 0 radical (unpaired) electrons. The Labute approximate surface area is 197 Å². The summed E-state index contributed by atoms with van der Waals surface area (Å²) < 4.78 is 7.97. The van der Waals surface area contributed by atoms with Crippen LogP contribution in [0.1, 0.15) is 22.3 Å². The number of aromatic nitrogens is 2. The Bertz CT molecular complexity index is 1290. The fraction of sp³-hybridized carbons (Fsp3) is 0.192. The van der Waals surface area contributed by atoms with Crippen LogP contribution in [0.3, 0.4) is 0 Å². The number of likely N-dealkylation sites (tertiary alicyclic amines) is 1. The second-order valence-corrected chi connectivity index (χ2v) is 8.21. The third-order valence-electron chi connectivity index (χ3n) is 5.78. The SMILES string of the molecule is O=C(NCc1ccn2ccnc2c1)Nc1ccc(O[C@@H]2CCN(C(=O)c3ccccc3)C2)cc1. The van der Waals surface area contributed by atoms with Crippen LogP contribution in [-0.2, 0) is 6.54 Å². The molecule has 1 aliphatic heterocycles. The highest BCUT2D eigenvalue weighted by Crippen LogP contribution is 2.22. The van der Waals surface area contributed by atoms with Crippen molar-refractivity contribution < 1.29 is 14.3 Å². The van der Waals surface area contributed by atoms with Crippen molar-refractivity contribution in [1.82, 2.24) is 19.6 Å². The summed E-state index contributed by atoms with van der Waals surface area (Å²) in [5.74, 6) is 0.736. The van der Waals surface area contributed by atoms with Crippen LogP contribution in [-0.4, -0.2) is 45.4 Å². The summed E-state index contributed by atoms with van der Waals surface area (Å²) in [6, 6.07) is 20.1. The zero-order chi connectivity index (χ0) is 23.3. The Balaban J connectivity index is 1.09. The van der Waals surface area contributed by atoms with Crippen LogP contribution in [0, 0.1) is 0 Å². The fourth-order valence-corrected chi connectivity index (χ4v) is 4.00. The lowest BCUT2D eigenvalue weighted by molar-refractivity contribution is 0.0772. The van der Waals surface area contributed by atoms with E-state index in [1.807, 2.05) is 76.3 Å². The van der Waals surface area contributed by atoms with Gasteiger partial charge in [0.25, 0.3) is 5.91 Å². The van der Waals surface area contributed by atoms with Gasteiger partial charge in [0.05, 0.1) is 6.54 Å². The number of urea groups is 1. The van der Waals surface area contributed by atoms with Gasteiger partial charge < -0.3 is 24.7 Å². The third kappa shape index (κ3) is 5.01. The molecule has 2 aromatic heterocycles. The van der Waals surface area contributed by atoms with Gasteiger partial charge in [0.2, 0.25) is 0 Å². The van der Waals surface area contributed by atoms with Crippen LogP contribution < -0.4 is 15.4 Å². The Hall–Kier alpha value is -4.33. The molecule has 3 amide bonds. The molecule has 2 aromatic carbocycles. The van der Waals surface area contributed by atoms with Crippen LogP contribution in [0.4, 0.5) is 10.5 Å². The van der Waals surface area contributed by atoms with E-state index in [2.05, 4.69) is 15.6 Å². The monoisotopic (exact) mass is 455 g/mol. The molecular formula is C26H25N5O3. The number of ether oxygens (including phenoxy) is 1. The predicted octanol–water partition coefficient (Wildman–Crippen LogP) is 3.95. The van der Waals surface area contributed by atoms with E-state index in [1.54, 1.807) is 18.3 Å². The molecule has 4 aromatic rings. The topological polar surface area (TPSA) is 88.0 Å². The normalized spacial score (nSPS) is 15.3. The van der Waals surface area contributed by atoms with Crippen LogP contribution in [0.2, 0.25) is 0 Å². The largest absolute Gasteiger partial charge is 0.489 e. The first-order valence-electron chi connectivity index (χ1n) is 11.2. The molecule has 0 bridgehead atoms. The van der Waals surface area contributed by atoms with Crippen LogP contribution in [0.5, 0.6) is 5.75 Å². The average Bonchev–Trinajstić information content (AvgIpc) is 3.53. The van der Waals surface area contributed by atoms with Crippen molar-refractivity contribution >= 4 is 23.3 Å². The minimum Gasteiger partial charge on any atom is -0.489 e. The smallest absolute Gasteiger partial charge is 0.319 e. The Morgan fingerprint density at radius 2 is 1.85 bits per heavy atom. The lowest BCUT2D eigenvalue weighted by atomic mass is 10.2. The molecule has 34 heavy (non-hydrogen) atoms. The first-order chi connectivity index (χ1) is 16.6. The van der Waals surface area contributed by atoms with E-state index < -0.39 is 0 Å². The standard InChI is InChI=1S/C26H25N5O3/c32-25(20-4-2-1-3-5-20)31-14-11-23(18-31)34-22-8-6-21(7-9-22)29-26(33)28-17-19-10-13-30-15-12-27-24(30)16-19/h1-10,12-13,15-16,23H,11,14,17-18H2,(H2,28,29,33)/t23-/m1/s1. The highest BCUT2D eigenvalue weighted by molar-refractivity contribution is 5.94. The number of nitrogens with zero attached hydrogens (tertiary/aromatic N) is 3. The maximum absolute atomic E-state index is 12.6. The van der Waals surface area contributed by atoms with E-state index in [1.165, 1.54) is 0 Å². The first-order valence-corrected chi connectivity index (χ1v) is 11.2. The van der Waals surface area contributed by atoms with Gasteiger partial charge in [-0.2, -0.15) is 0 Å². The number of imidazole rings is 1. The van der Waals surface area contributed by atoms with Crippen molar-refractivity contribution in [1.29, 1.82) is 0 Å². The van der Waals surface area contributed by atoms with Gasteiger partial charge >= 0.3 is 6.03 Å². The van der Waals surface area contributed by atoms with Crippen molar-refractivity contribution in [3.05, 3.63) is 96.4 Å². The summed E-state index contributed by atoms with van der Waals surface area (Å²) in [5, 5.41) is 5.68. The molecule has 0 aliphatic carbocycles. The molecule has 0 saturated carbocycles. The Morgan fingerprint density at radius 1 is 1.03 bits per heavy atom. The molecule has 2 N–H and O–H groups in total. The van der Waals surface area contributed by atoms with Crippen LogP contribution >= 0.6 is 0 Å². The maximum Gasteiger partial charge on any atom is 0.319 e. The zero-order valence-corrected chi connectivity index (χ0v) is 18.6. The number of rotatable bonds is 6. The minimum absolute atomic E-state index is 0.0296. The highest BCUT2D eigenvalue weighted by atomic mass is 16.5. The van der Waals surface area contributed by atoms with Crippen LogP contribution in [0.25, 0.3) is 5.65 Å². The summed E-state index contributed by atoms with van der Waals surface area (Å²) >= 11 is 0. The number of fused-ring (bicyclic) bond motifs is 1. The second-order valence-electron chi connectivity index (χ2n) is 8.21. The van der Waals surface area contributed by atoms with Crippen molar-refractivity contribution in [3.63, 3.8) is 0 Å². The molecule has 1 saturated heterocycles. The van der Waals surface area contributed by atoms with Gasteiger partial charge in [0.15, 0.2) is 0 Å². The van der Waals surface area contributed by atoms with Gasteiger partial charge in [-0.15, -0.1) is 0 Å². The number of carbonyl (C=O) groups excluding carboxylic acids is 2. The Morgan fingerprint density at radius 3 is 2.68 bits per heavy atom. The summed E-state index contributed by atoms with van der Waals surface area (Å²) in [4.78, 5) is 30.9. The van der Waals surface area contributed by atoms with E-state index in [9.17, 15) is 9.59 Å². The quantitative estimate of drug-likeness (QED) is 0.461. The molecule has 0 unspecified atom stereocenters. The molecule has 172 valence electrons. The molecule has 1 fully saturated rings. The lowest BCUT2D eigenvalue weighted by Crippen LogP contribution is -2.30. The number of amides is 3. The van der Waals surface area contributed by atoms with Gasteiger partial charge in [-0.1, -0.05) is 18.2 Å². The first kappa shape index (κ1) is 21.5. The predicted molar refractivity (Wildman–Crippen MR) is 129 cm³/mol. The van der Waals surface area contributed by atoms with Crippen LogP contribution in [0.15, 0.2) is 85.3 Å². The molecule has 0 spiro atoms. The number of hydrogen-bond acceptors (Lipinski definition) is 4. The van der Waals surface area contributed by atoms with E-state index in [-0.39, 0.29) is 18.0 Å². The molecule has 3 heterocycles.